The molecule has 1 saturated heterocycles. The number of hydrogen-bond donors (Lipinski definition) is 0. The monoisotopic (exact) mass is 289 g/mol. The summed E-state index contributed by atoms with van der Waals surface area (Å²) in [4.78, 5) is 25.4. The van der Waals surface area contributed by atoms with Gasteiger partial charge < -0.3 is 4.90 Å². The summed E-state index contributed by atoms with van der Waals surface area (Å²) in [5, 5.41) is 0.208. The van der Waals surface area contributed by atoms with Crippen LogP contribution in [0.25, 0.3) is 0 Å². The second-order valence-electron chi connectivity index (χ2n) is 5.56. The summed E-state index contributed by atoms with van der Waals surface area (Å²) in [6.45, 7) is 2.24. The van der Waals surface area contributed by atoms with Crippen LogP contribution in [0.4, 0.5) is 5.69 Å². The molecule has 0 saturated carbocycles. The Morgan fingerprint density at radius 2 is 2.10 bits per heavy atom. The van der Waals surface area contributed by atoms with Gasteiger partial charge in [-0.05, 0) is 42.9 Å². The fourth-order valence-electron chi connectivity index (χ4n) is 3.24. The molecule has 0 bridgehead atoms. The van der Waals surface area contributed by atoms with Crippen LogP contribution in [-0.4, -0.2) is 22.8 Å². The number of carbonyl (C=O) groups excluding carboxylic acids is 2. The average Bonchev–Trinajstić information content (AvgIpc) is 2.78. The Balaban J connectivity index is 1.86. The zero-order chi connectivity index (χ0) is 14.1. The second kappa shape index (κ2) is 5.60. The number of rotatable bonds is 2. The van der Waals surface area contributed by atoms with Gasteiger partial charge in [-0.3, -0.25) is 9.59 Å². The molecule has 1 fully saturated rings. The first kappa shape index (κ1) is 13.7. The summed E-state index contributed by atoms with van der Waals surface area (Å²) in [5.41, 5.74) is 3.82. The summed E-state index contributed by atoms with van der Waals surface area (Å²) in [6.07, 6.45) is 5.12. The highest BCUT2D eigenvalue weighted by Gasteiger charge is 2.33. The first-order chi connectivity index (χ1) is 9.65. The lowest BCUT2D eigenvalue weighted by Crippen LogP contribution is -2.27. The summed E-state index contributed by atoms with van der Waals surface area (Å²) in [6, 6.07) is 6.29. The van der Waals surface area contributed by atoms with E-state index in [1.54, 1.807) is 6.92 Å². The Morgan fingerprint density at radius 1 is 1.30 bits per heavy atom. The SMILES string of the molecule is CC(=O)SC1CC(=O)N(c2cccc3c2CCCC3)C1. The van der Waals surface area contributed by atoms with Gasteiger partial charge in [-0.1, -0.05) is 23.9 Å². The maximum absolute atomic E-state index is 12.3. The molecule has 2 aliphatic rings. The highest BCUT2D eigenvalue weighted by molar-refractivity contribution is 8.14. The number of hydrogen-bond acceptors (Lipinski definition) is 3. The van der Waals surface area contributed by atoms with Crippen LogP contribution in [0.1, 0.15) is 37.3 Å². The number of nitrogens with zero attached hydrogens (tertiary/aromatic N) is 1. The van der Waals surface area contributed by atoms with Crippen molar-refractivity contribution >= 4 is 28.5 Å². The molecule has 20 heavy (non-hydrogen) atoms. The molecule has 3 rings (SSSR count). The van der Waals surface area contributed by atoms with E-state index in [2.05, 4.69) is 18.2 Å². The van der Waals surface area contributed by atoms with Crippen LogP contribution >= 0.6 is 11.8 Å². The van der Waals surface area contributed by atoms with Crippen molar-refractivity contribution in [3.8, 4) is 0 Å². The molecular weight excluding hydrogens is 270 g/mol. The number of thioether (sulfide) groups is 1. The summed E-state index contributed by atoms with van der Waals surface area (Å²) in [7, 11) is 0. The Morgan fingerprint density at radius 3 is 2.90 bits per heavy atom. The lowest BCUT2D eigenvalue weighted by Gasteiger charge is -2.25. The average molecular weight is 289 g/mol. The molecule has 1 aromatic rings. The second-order valence-corrected chi connectivity index (χ2v) is 7.04. The van der Waals surface area contributed by atoms with Gasteiger partial charge >= 0.3 is 0 Å². The predicted octanol–water partition coefficient (Wildman–Crippen LogP) is 2.95. The van der Waals surface area contributed by atoms with Crippen LogP contribution in [0.3, 0.4) is 0 Å². The first-order valence-electron chi connectivity index (χ1n) is 7.23. The van der Waals surface area contributed by atoms with Gasteiger partial charge in [0.1, 0.15) is 0 Å². The Labute approximate surface area is 123 Å². The van der Waals surface area contributed by atoms with Crippen LogP contribution in [0.15, 0.2) is 18.2 Å². The normalized spacial score (nSPS) is 21.9. The van der Waals surface area contributed by atoms with Gasteiger partial charge in [-0.2, -0.15) is 0 Å². The maximum atomic E-state index is 12.3. The van der Waals surface area contributed by atoms with Gasteiger partial charge in [0.25, 0.3) is 0 Å². The number of amides is 1. The lowest BCUT2D eigenvalue weighted by molar-refractivity contribution is -0.117. The number of benzene rings is 1. The molecule has 4 heteroatoms. The topological polar surface area (TPSA) is 37.4 Å². The highest BCUT2D eigenvalue weighted by Crippen LogP contribution is 2.35. The van der Waals surface area contributed by atoms with Crippen LogP contribution in [-0.2, 0) is 22.4 Å². The fourth-order valence-corrected chi connectivity index (χ4v) is 4.15. The van der Waals surface area contributed by atoms with Crippen molar-refractivity contribution in [1.82, 2.24) is 0 Å². The smallest absolute Gasteiger partial charge is 0.228 e. The van der Waals surface area contributed by atoms with E-state index in [0.717, 1.165) is 18.5 Å². The van der Waals surface area contributed by atoms with Crippen LogP contribution in [0.5, 0.6) is 0 Å². The van der Waals surface area contributed by atoms with Crippen molar-refractivity contribution in [2.24, 2.45) is 0 Å². The van der Waals surface area contributed by atoms with Crippen LogP contribution in [0.2, 0.25) is 0 Å². The molecule has 1 heterocycles. The fraction of sp³-hybridized carbons (Fsp3) is 0.500. The van der Waals surface area contributed by atoms with Crippen molar-refractivity contribution in [3.05, 3.63) is 29.3 Å². The van der Waals surface area contributed by atoms with Gasteiger partial charge in [0.2, 0.25) is 5.91 Å². The van der Waals surface area contributed by atoms with Gasteiger partial charge in [0, 0.05) is 30.8 Å². The van der Waals surface area contributed by atoms with Crippen molar-refractivity contribution in [3.63, 3.8) is 0 Å². The Bertz CT molecular complexity index is 555. The van der Waals surface area contributed by atoms with E-state index in [1.807, 2.05) is 4.90 Å². The molecule has 0 spiro atoms. The predicted molar refractivity (Wildman–Crippen MR) is 82.1 cm³/mol. The molecule has 0 radical (unpaired) electrons. The molecule has 1 aliphatic carbocycles. The Hall–Kier alpha value is -1.29. The number of fused-ring (bicyclic) bond motifs is 1. The van der Waals surface area contributed by atoms with E-state index in [4.69, 9.17) is 0 Å². The minimum atomic E-state index is 0.0970. The third-order valence-corrected chi connectivity index (χ3v) is 5.07. The van der Waals surface area contributed by atoms with E-state index >= 15 is 0 Å². The quantitative estimate of drug-likeness (QED) is 0.840. The van der Waals surface area contributed by atoms with Gasteiger partial charge in [0.15, 0.2) is 5.12 Å². The lowest BCUT2D eigenvalue weighted by atomic mass is 9.90. The molecule has 1 atom stereocenters. The molecule has 1 amide bonds. The zero-order valence-electron chi connectivity index (χ0n) is 11.7. The number of anilines is 1. The maximum Gasteiger partial charge on any atom is 0.228 e. The molecular formula is C16H19NO2S. The van der Waals surface area contributed by atoms with Crippen molar-refractivity contribution < 1.29 is 9.59 Å². The van der Waals surface area contributed by atoms with E-state index in [0.29, 0.717) is 13.0 Å². The summed E-state index contributed by atoms with van der Waals surface area (Å²) in [5.74, 6) is 0.155. The molecule has 106 valence electrons. The van der Waals surface area contributed by atoms with Gasteiger partial charge in [-0.15, -0.1) is 0 Å². The third kappa shape index (κ3) is 2.62. The Kier molecular flexibility index (Phi) is 3.83. The van der Waals surface area contributed by atoms with Gasteiger partial charge in [0.05, 0.1) is 0 Å². The molecule has 3 nitrogen and oxygen atoms in total. The molecule has 1 aromatic carbocycles. The third-order valence-electron chi connectivity index (χ3n) is 4.08. The molecule has 1 unspecified atom stereocenters. The largest absolute Gasteiger partial charge is 0.311 e. The van der Waals surface area contributed by atoms with E-state index < -0.39 is 0 Å². The standard InChI is InChI=1S/C16H19NO2S/c1-11(18)20-13-9-16(19)17(10-13)15-8-4-6-12-5-2-3-7-14(12)15/h4,6,8,13H,2-3,5,7,9-10H2,1H3. The summed E-state index contributed by atoms with van der Waals surface area (Å²) >= 11 is 1.30. The molecule has 1 aliphatic heterocycles. The number of carbonyl (C=O) groups is 2. The first-order valence-corrected chi connectivity index (χ1v) is 8.11. The van der Waals surface area contributed by atoms with Gasteiger partial charge in [-0.25, -0.2) is 0 Å². The molecule has 0 aromatic heterocycles. The minimum absolute atomic E-state index is 0.0970. The number of aryl methyl sites for hydroxylation is 1. The van der Waals surface area contributed by atoms with Crippen molar-refractivity contribution in [2.45, 2.75) is 44.3 Å². The zero-order valence-corrected chi connectivity index (χ0v) is 12.5. The van der Waals surface area contributed by atoms with Crippen LogP contribution < -0.4 is 4.90 Å². The summed E-state index contributed by atoms with van der Waals surface area (Å²) < 4.78 is 0. The molecule has 0 N–H and O–H groups in total. The van der Waals surface area contributed by atoms with E-state index in [-0.39, 0.29) is 16.3 Å². The minimum Gasteiger partial charge on any atom is -0.311 e. The highest BCUT2D eigenvalue weighted by atomic mass is 32.2. The van der Waals surface area contributed by atoms with E-state index in [9.17, 15) is 9.59 Å². The van der Waals surface area contributed by atoms with E-state index in [1.165, 1.54) is 35.7 Å². The van der Waals surface area contributed by atoms with Crippen molar-refractivity contribution in [1.29, 1.82) is 0 Å². The van der Waals surface area contributed by atoms with Crippen molar-refractivity contribution in [2.75, 3.05) is 11.4 Å². The van der Waals surface area contributed by atoms with Crippen LogP contribution in [0, 0.1) is 0 Å².